The van der Waals surface area contributed by atoms with Crippen molar-refractivity contribution in [3.8, 4) is 11.4 Å². The van der Waals surface area contributed by atoms with Gasteiger partial charge in [-0.3, -0.25) is 0 Å². The minimum absolute atomic E-state index is 0.291. The van der Waals surface area contributed by atoms with E-state index in [0.717, 1.165) is 12.2 Å². The van der Waals surface area contributed by atoms with Gasteiger partial charge in [0.15, 0.2) is 0 Å². The zero-order valence-corrected chi connectivity index (χ0v) is 7.82. The number of hydrogen-bond donors (Lipinski definition) is 0. The van der Waals surface area contributed by atoms with Gasteiger partial charge in [0.1, 0.15) is 5.69 Å². The Morgan fingerprint density at radius 3 is 3.08 bits per heavy atom. The van der Waals surface area contributed by atoms with Crippen molar-refractivity contribution in [2.24, 2.45) is 0 Å². The zero-order chi connectivity index (χ0) is 9.26. The second-order valence-corrected chi connectivity index (χ2v) is 2.95. The van der Waals surface area contributed by atoms with Crippen LogP contribution in [-0.2, 0) is 6.54 Å². The van der Waals surface area contributed by atoms with Crippen LogP contribution in [0, 0.1) is 0 Å². The van der Waals surface area contributed by atoms with E-state index >= 15 is 0 Å². The quantitative estimate of drug-likeness (QED) is 0.742. The van der Waals surface area contributed by atoms with Gasteiger partial charge in [-0.05, 0) is 18.5 Å². The Hall–Kier alpha value is -1.29. The molecule has 0 saturated heterocycles. The van der Waals surface area contributed by atoms with E-state index in [9.17, 15) is 0 Å². The highest BCUT2D eigenvalue weighted by Gasteiger charge is 2.08. The van der Waals surface area contributed by atoms with Crippen molar-refractivity contribution < 1.29 is 4.52 Å². The summed E-state index contributed by atoms with van der Waals surface area (Å²) in [5.41, 5.74) is 1.63. The first-order valence-electron chi connectivity index (χ1n) is 3.94. The smallest absolute Gasteiger partial charge is 0.226 e. The molecule has 0 aliphatic heterocycles. The van der Waals surface area contributed by atoms with E-state index in [2.05, 4.69) is 10.1 Å². The van der Waals surface area contributed by atoms with Gasteiger partial charge in [-0.1, -0.05) is 5.16 Å². The monoisotopic (exact) mass is 197 g/mol. The van der Waals surface area contributed by atoms with Gasteiger partial charge in [0.05, 0.1) is 18.2 Å². The molecule has 0 bridgehead atoms. The van der Waals surface area contributed by atoms with Crippen molar-refractivity contribution in [3.63, 3.8) is 0 Å². The maximum atomic E-state index is 5.61. The van der Waals surface area contributed by atoms with E-state index in [4.69, 9.17) is 16.1 Å². The normalized spacial score (nSPS) is 10.6. The van der Waals surface area contributed by atoms with Gasteiger partial charge in [-0.2, -0.15) is 0 Å². The summed E-state index contributed by atoms with van der Waals surface area (Å²) in [5.74, 6) is 0. The fraction of sp³-hybridized carbons (Fsp3) is 0.250. The Bertz CT molecular complexity index is 407. The largest absolute Gasteiger partial charge is 0.344 e. The van der Waals surface area contributed by atoms with Crippen molar-refractivity contribution in [1.29, 1.82) is 0 Å². The second kappa shape index (κ2) is 3.22. The molecule has 2 heterocycles. The lowest BCUT2D eigenvalue weighted by molar-refractivity contribution is 0.423. The van der Waals surface area contributed by atoms with E-state index in [1.807, 2.05) is 11.5 Å². The molecule has 0 spiro atoms. The van der Waals surface area contributed by atoms with E-state index in [1.54, 1.807) is 18.6 Å². The van der Waals surface area contributed by atoms with Crippen LogP contribution >= 0.6 is 11.6 Å². The van der Waals surface area contributed by atoms with Crippen LogP contribution < -0.4 is 0 Å². The lowest BCUT2D eigenvalue weighted by atomic mass is 10.3. The fourth-order valence-corrected chi connectivity index (χ4v) is 1.30. The Labute approximate surface area is 80.1 Å². The van der Waals surface area contributed by atoms with Gasteiger partial charge >= 0.3 is 0 Å². The highest BCUT2D eigenvalue weighted by Crippen LogP contribution is 2.20. The van der Waals surface area contributed by atoms with Crippen molar-refractivity contribution in [2.45, 2.75) is 13.5 Å². The highest BCUT2D eigenvalue weighted by atomic mass is 35.5. The zero-order valence-electron chi connectivity index (χ0n) is 7.07. The van der Waals surface area contributed by atoms with Crippen LogP contribution in [0.1, 0.15) is 6.92 Å². The molecule has 0 saturated carbocycles. The van der Waals surface area contributed by atoms with Crippen LogP contribution in [0.5, 0.6) is 0 Å². The summed E-state index contributed by atoms with van der Waals surface area (Å²) in [6.07, 6.45) is 3.48. The molecule has 2 aromatic heterocycles. The van der Waals surface area contributed by atoms with Crippen molar-refractivity contribution >= 4 is 11.6 Å². The average Bonchev–Trinajstić information content (AvgIpc) is 2.71. The number of hydrogen-bond acceptors (Lipinski definition) is 3. The molecular formula is C8H8ClN3O. The molecule has 0 aliphatic rings. The van der Waals surface area contributed by atoms with Crippen LogP contribution in [-0.4, -0.2) is 14.7 Å². The van der Waals surface area contributed by atoms with Crippen molar-refractivity contribution in [2.75, 3.05) is 0 Å². The third-order valence-electron chi connectivity index (χ3n) is 1.80. The molecule has 0 fully saturated rings. The predicted molar refractivity (Wildman–Crippen MR) is 48.4 cm³/mol. The molecule has 5 heteroatoms. The summed E-state index contributed by atoms with van der Waals surface area (Å²) in [4.78, 5) is 4.02. The van der Waals surface area contributed by atoms with Gasteiger partial charge in [0.25, 0.3) is 0 Å². The minimum atomic E-state index is 0.291. The molecule has 0 N–H and O–H groups in total. The first kappa shape index (κ1) is 8.31. The fourth-order valence-electron chi connectivity index (χ4n) is 1.16. The lowest BCUT2D eigenvalue weighted by Gasteiger charge is -1.99. The summed E-state index contributed by atoms with van der Waals surface area (Å²) in [7, 11) is 0. The molecule has 13 heavy (non-hydrogen) atoms. The number of aromatic nitrogens is 3. The predicted octanol–water partition coefficient (Wildman–Crippen LogP) is 2.21. The van der Waals surface area contributed by atoms with Gasteiger partial charge in [-0.15, -0.1) is 0 Å². The van der Waals surface area contributed by atoms with E-state index < -0.39 is 0 Å². The Balaban J connectivity index is 2.45. The number of halogens is 1. The first-order valence-corrected chi connectivity index (χ1v) is 4.31. The van der Waals surface area contributed by atoms with Crippen LogP contribution in [0.2, 0.25) is 5.22 Å². The summed E-state index contributed by atoms with van der Waals surface area (Å²) in [6, 6.07) is 1.67. The summed E-state index contributed by atoms with van der Waals surface area (Å²) in [6.45, 7) is 2.88. The molecule has 2 aromatic rings. The second-order valence-electron chi connectivity index (χ2n) is 2.58. The van der Waals surface area contributed by atoms with Gasteiger partial charge < -0.3 is 9.09 Å². The number of imidazole rings is 1. The van der Waals surface area contributed by atoms with E-state index in [0.29, 0.717) is 10.9 Å². The van der Waals surface area contributed by atoms with Crippen molar-refractivity contribution in [1.82, 2.24) is 14.7 Å². The van der Waals surface area contributed by atoms with Crippen LogP contribution in [0.15, 0.2) is 23.1 Å². The average molecular weight is 198 g/mol. The first-order chi connectivity index (χ1) is 6.31. The van der Waals surface area contributed by atoms with E-state index in [1.165, 1.54) is 0 Å². The summed E-state index contributed by atoms with van der Waals surface area (Å²) in [5, 5.41) is 4.09. The lowest BCUT2D eigenvalue weighted by Crippen LogP contribution is -1.94. The summed E-state index contributed by atoms with van der Waals surface area (Å²) >= 11 is 5.61. The number of aryl methyl sites for hydroxylation is 1. The van der Waals surface area contributed by atoms with E-state index in [-0.39, 0.29) is 0 Å². The molecular weight excluding hydrogens is 190 g/mol. The molecule has 68 valence electrons. The maximum Gasteiger partial charge on any atom is 0.226 e. The highest BCUT2D eigenvalue weighted by molar-refractivity contribution is 6.29. The Kier molecular flexibility index (Phi) is 2.06. The van der Waals surface area contributed by atoms with Gasteiger partial charge in [0.2, 0.25) is 5.22 Å². The molecule has 4 nitrogen and oxygen atoms in total. The van der Waals surface area contributed by atoms with Gasteiger partial charge in [-0.25, -0.2) is 4.98 Å². The molecule has 0 radical (unpaired) electrons. The molecule has 0 amide bonds. The van der Waals surface area contributed by atoms with Crippen molar-refractivity contribution in [3.05, 3.63) is 23.8 Å². The third kappa shape index (κ3) is 1.45. The third-order valence-corrected chi connectivity index (χ3v) is 1.97. The molecule has 0 atom stereocenters. The molecule has 0 aliphatic carbocycles. The maximum absolute atomic E-state index is 5.61. The Morgan fingerprint density at radius 1 is 1.62 bits per heavy atom. The Morgan fingerprint density at radius 2 is 2.46 bits per heavy atom. The molecule has 2 rings (SSSR count). The minimum Gasteiger partial charge on any atom is -0.344 e. The van der Waals surface area contributed by atoms with Crippen LogP contribution in [0.3, 0.4) is 0 Å². The standard InChI is InChI=1S/C8H8ClN3O/c1-2-12-5-10-4-7(12)6-3-8(9)13-11-6/h3-5H,2H2,1H3. The number of nitrogens with zero attached hydrogens (tertiary/aromatic N) is 3. The topological polar surface area (TPSA) is 43.9 Å². The molecule has 0 aromatic carbocycles. The SMILES string of the molecule is CCn1cncc1-c1cc(Cl)on1. The van der Waals surface area contributed by atoms with Gasteiger partial charge in [0, 0.05) is 12.6 Å². The van der Waals surface area contributed by atoms with Crippen LogP contribution in [0.4, 0.5) is 0 Å². The number of rotatable bonds is 2. The van der Waals surface area contributed by atoms with Crippen LogP contribution in [0.25, 0.3) is 11.4 Å². The molecule has 0 unspecified atom stereocenters. The summed E-state index contributed by atoms with van der Waals surface area (Å²) < 4.78 is 6.73.